The molecular formula is C14H12ClFN2S2. The third-order valence-electron chi connectivity index (χ3n) is 2.69. The van der Waals surface area contributed by atoms with Crippen molar-refractivity contribution in [2.75, 3.05) is 11.6 Å². The van der Waals surface area contributed by atoms with Crippen LogP contribution in [0.5, 0.6) is 0 Å². The lowest BCUT2D eigenvalue weighted by Crippen LogP contribution is -2.13. The van der Waals surface area contributed by atoms with E-state index in [4.69, 9.17) is 29.6 Å². The monoisotopic (exact) mass is 326 g/mol. The van der Waals surface area contributed by atoms with Crippen LogP contribution in [-0.4, -0.2) is 11.2 Å². The Labute approximate surface area is 131 Å². The minimum Gasteiger partial charge on any atom is -0.389 e. The summed E-state index contributed by atoms with van der Waals surface area (Å²) in [7, 11) is 0. The number of thiocarbonyl (C=S) groups is 1. The van der Waals surface area contributed by atoms with Crippen molar-refractivity contribution in [1.82, 2.24) is 0 Å². The normalized spacial score (nSPS) is 10.3. The van der Waals surface area contributed by atoms with Crippen LogP contribution in [0.25, 0.3) is 0 Å². The van der Waals surface area contributed by atoms with Gasteiger partial charge in [0, 0.05) is 21.2 Å². The van der Waals surface area contributed by atoms with Gasteiger partial charge in [-0.2, -0.15) is 0 Å². The van der Waals surface area contributed by atoms with Gasteiger partial charge in [0.2, 0.25) is 0 Å². The van der Waals surface area contributed by atoms with Gasteiger partial charge < -0.3 is 11.1 Å². The van der Waals surface area contributed by atoms with Crippen LogP contribution in [0.15, 0.2) is 41.3 Å². The summed E-state index contributed by atoms with van der Waals surface area (Å²) in [6, 6.07) is 10.0. The zero-order valence-electron chi connectivity index (χ0n) is 10.6. The molecule has 2 rings (SSSR count). The van der Waals surface area contributed by atoms with Crippen molar-refractivity contribution in [2.45, 2.75) is 4.90 Å². The summed E-state index contributed by atoms with van der Waals surface area (Å²) in [5, 5.41) is 3.36. The van der Waals surface area contributed by atoms with Gasteiger partial charge in [0.15, 0.2) is 0 Å². The zero-order valence-corrected chi connectivity index (χ0v) is 13.0. The number of nitrogens with two attached hydrogens (primary N) is 1. The quantitative estimate of drug-likeness (QED) is 0.637. The van der Waals surface area contributed by atoms with Gasteiger partial charge >= 0.3 is 0 Å². The van der Waals surface area contributed by atoms with Gasteiger partial charge in [-0.1, -0.05) is 29.9 Å². The van der Waals surface area contributed by atoms with E-state index in [1.807, 2.05) is 24.5 Å². The average molecular weight is 327 g/mol. The van der Waals surface area contributed by atoms with Gasteiger partial charge in [-0.25, -0.2) is 4.39 Å². The lowest BCUT2D eigenvalue weighted by molar-refractivity contribution is 0.632. The molecule has 0 aliphatic rings. The molecule has 2 aromatic rings. The van der Waals surface area contributed by atoms with Crippen molar-refractivity contribution in [3.8, 4) is 0 Å². The predicted octanol–water partition coefficient (Wildman–Crippen LogP) is 4.58. The maximum absolute atomic E-state index is 13.8. The molecule has 3 N–H and O–H groups in total. The molecule has 2 aromatic carbocycles. The van der Waals surface area contributed by atoms with Gasteiger partial charge in [-0.3, -0.25) is 0 Å². The second-order valence-electron chi connectivity index (χ2n) is 4.00. The second kappa shape index (κ2) is 6.43. The molecule has 2 nitrogen and oxygen atoms in total. The molecule has 0 saturated carbocycles. The summed E-state index contributed by atoms with van der Waals surface area (Å²) < 4.78 is 13.8. The summed E-state index contributed by atoms with van der Waals surface area (Å²) >= 11 is 12.4. The molecule has 0 bridgehead atoms. The number of anilines is 2. The minimum absolute atomic E-state index is 0.270. The van der Waals surface area contributed by atoms with E-state index in [0.717, 1.165) is 4.90 Å². The molecule has 0 spiro atoms. The predicted molar refractivity (Wildman–Crippen MR) is 88.8 cm³/mol. The van der Waals surface area contributed by atoms with Crippen LogP contribution in [0.1, 0.15) is 5.56 Å². The Balaban J connectivity index is 2.45. The number of benzene rings is 2. The molecular weight excluding hydrogens is 315 g/mol. The Hall–Kier alpha value is -1.30. The smallest absolute Gasteiger partial charge is 0.148 e. The number of nitrogens with one attached hydrogen (secondary N) is 1. The number of hydrogen-bond acceptors (Lipinski definition) is 3. The first-order valence-electron chi connectivity index (χ1n) is 5.72. The lowest BCUT2D eigenvalue weighted by Gasteiger charge is -2.14. The average Bonchev–Trinajstić information content (AvgIpc) is 2.41. The van der Waals surface area contributed by atoms with Gasteiger partial charge in [0.05, 0.1) is 5.69 Å². The molecule has 0 heterocycles. The highest BCUT2D eigenvalue weighted by Crippen LogP contribution is 2.30. The molecule has 0 atom stereocenters. The summed E-state index contributed by atoms with van der Waals surface area (Å²) in [6.45, 7) is 0. The molecule has 20 heavy (non-hydrogen) atoms. The van der Waals surface area contributed by atoms with Crippen molar-refractivity contribution in [3.05, 3.63) is 52.8 Å². The highest BCUT2D eigenvalue weighted by molar-refractivity contribution is 7.98. The van der Waals surface area contributed by atoms with Crippen molar-refractivity contribution < 1.29 is 4.39 Å². The zero-order chi connectivity index (χ0) is 14.7. The molecule has 0 radical (unpaired) electrons. The van der Waals surface area contributed by atoms with E-state index in [1.54, 1.807) is 12.1 Å². The van der Waals surface area contributed by atoms with Crippen LogP contribution < -0.4 is 11.1 Å². The summed E-state index contributed by atoms with van der Waals surface area (Å²) in [5.41, 5.74) is 7.48. The third-order valence-corrected chi connectivity index (χ3v) is 3.91. The first-order chi connectivity index (χ1) is 9.52. The van der Waals surface area contributed by atoms with Crippen LogP contribution in [0.4, 0.5) is 15.8 Å². The highest BCUT2D eigenvalue weighted by atomic mass is 35.5. The van der Waals surface area contributed by atoms with Crippen molar-refractivity contribution in [3.63, 3.8) is 0 Å². The van der Waals surface area contributed by atoms with E-state index in [9.17, 15) is 4.39 Å². The molecule has 0 aliphatic carbocycles. The Morgan fingerprint density at radius 1 is 1.30 bits per heavy atom. The third kappa shape index (κ3) is 3.23. The molecule has 104 valence electrons. The number of halogens is 2. The van der Waals surface area contributed by atoms with Gasteiger partial charge in [0.25, 0.3) is 0 Å². The Kier molecular flexibility index (Phi) is 4.86. The van der Waals surface area contributed by atoms with Gasteiger partial charge in [-0.15, -0.1) is 11.8 Å². The largest absolute Gasteiger partial charge is 0.389 e. The molecule has 6 heteroatoms. The topological polar surface area (TPSA) is 38.0 Å². The molecule has 0 aromatic heterocycles. The number of rotatable bonds is 4. The van der Waals surface area contributed by atoms with Crippen LogP contribution >= 0.6 is 35.6 Å². The van der Waals surface area contributed by atoms with E-state index in [1.165, 1.54) is 17.8 Å². The van der Waals surface area contributed by atoms with E-state index in [-0.39, 0.29) is 4.99 Å². The molecule has 0 fully saturated rings. The van der Waals surface area contributed by atoms with E-state index in [2.05, 4.69) is 5.32 Å². The number of hydrogen-bond donors (Lipinski definition) is 2. The Morgan fingerprint density at radius 3 is 2.65 bits per heavy atom. The Morgan fingerprint density at radius 2 is 2.05 bits per heavy atom. The van der Waals surface area contributed by atoms with Crippen LogP contribution in [-0.2, 0) is 0 Å². The van der Waals surface area contributed by atoms with Gasteiger partial charge in [-0.05, 0) is 36.6 Å². The summed E-state index contributed by atoms with van der Waals surface area (Å²) in [5.74, 6) is -0.430. The van der Waals surface area contributed by atoms with Crippen molar-refractivity contribution in [1.29, 1.82) is 0 Å². The fraction of sp³-hybridized carbons (Fsp3) is 0.0714. The van der Waals surface area contributed by atoms with Crippen LogP contribution in [0.2, 0.25) is 5.02 Å². The number of thioether (sulfide) groups is 1. The first kappa shape index (κ1) is 15.1. The van der Waals surface area contributed by atoms with Crippen LogP contribution in [0, 0.1) is 5.82 Å². The van der Waals surface area contributed by atoms with Crippen molar-refractivity contribution in [2.24, 2.45) is 5.73 Å². The van der Waals surface area contributed by atoms with E-state index >= 15 is 0 Å². The maximum Gasteiger partial charge on any atom is 0.148 e. The molecule has 0 saturated heterocycles. The summed E-state index contributed by atoms with van der Waals surface area (Å²) in [6.07, 6.45) is 1.93. The minimum atomic E-state index is -0.430. The van der Waals surface area contributed by atoms with Crippen LogP contribution in [0.3, 0.4) is 0 Å². The first-order valence-corrected chi connectivity index (χ1v) is 7.73. The fourth-order valence-corrected chi connectivity index (χ4v) is 2.88. The van der Waals surface area contributed by atoms with E-state index < -0.39 is 5.82 Å². The molecule has 0 amide bonds. The second-order valence-corrected chi connectivity index (χ2v) is 5.72. The SMILES string of the molecule is CSc1cccc(Nc2ccc(Cl)cc2F)c1C(N)=S. The highest BCUT2D eigenvalue weighted by Gasteiger charge is 2.12. The van der Waals surface area contributed by atoms with Gasteiger partial charge in [0.1, 0.15) is 10.8 Å². The standard InChI is InChI=1S/C14H12ClFN2S2/c1-20-12-4-2-3-11(13(12)14(17)19)18-10-6-5-8(15)7-9(10)16/h2-7,18H,1H3,(H2,17,19). The molecule has 0 unspecified atom stereocenters. The lowest BCUT2D eigenvalue weighted by atomic mass is 10.1. The maximum atomic E-state index is 13.8. The van der Waals surface area contributed by atoms with E-state index in [0.29, 0.717) is 22.0 Å². The molecule has 0 aliphatic heterocycles. The Bertz CT molecular complexity index is 662. The fourth-order valence-electron chi connectivity index (χ4n) is 1.80. The van der Waals surface area contributed by atoms with Crippen molar-refractivity contribution >= 4 is 51.9 Å². The summed E-state index contributed by atoms with van der Waals surface area (Å²) in [4.78, 5) is 1.21.